The van der Waals surface area contributed by atoms with Gasteiger partial charge in [-0.05, 0) is 28.8 Å². The van der Waals surface area contributed by atoms with Crippen LogP contribution in [0.15, 0.2) is 41.3 Å². The number of nitrogens with one attached hydrogen (secondary N) is 2. The quantitative estimate of drug-likeness (QED) is 0.798. The summed E-state index contributed by atoms with van der Waals surface area (Å²) in [6, 6.07) is 10.9. The van der Waals surface area contributed by atoms with Crippen LogP contribution in [0.1, 0.15) is 16.7 Å². The summed E-state index contributed by atoms with van der Waals surface area (Å²) in [7, 11) is -0.910. The van der Waals surface area contributed by atoms with Gasteiger partial charge in [-0.3, -0.25) is 0 Å². The zero-order valence-electron chi connectivity index (χ0n) is 14.0. The molecule has 0 radical (unpaired) electrons. The number of halogens is 1. The smallest absolute Gasteiger partial charge is 0.248 e. The van der Waals surface area contributed by atoms with Crippen LogP contribution in [0.3, 0.4) is 0 Å². The molecule has 8 heteroatoms. The van der Waals surface area contributed by atoms with Crippen LogP contribution in [-0.2, 0) is 29.7 Å². The van der Waals surface area contributed by atoms with Crippen LogP contribution in [0.5, 0.6) is 11.5 Å². The van der Waals surface area contributed by atoms with Gasteiger partial charge in [0.2, 0.25) is 10.0 Å². The van der Waals surface area contributed by atoms with Gasteiger partial charge in [0.05, 0.1) is 14.2 Å². The van der Waals surface area contributed by atoms with Gasteiger partial charge >= 0.3 is 0 Å². The molecule has 0 unspecified atom stereocenters. The normalized spacial score (nSPS) is 13.0. The molecule has 0 bridgehead atoms. The number of rotatable bonds is 6. The molecule has 136 valence electrons. The summed E-state index contributed by atoms with van der Waals surface area (Å²) < 4.78 is 38.4. The van der Waals surface area contributed by atoms with Gasteiger partial charge in [-0.1, -0.05) is 24.3 Å². The first-order valence-corrected chi connectivity index (χ1v) is 9.05. The maximum Gasteiger partial charge on any atom is 0.248 e. The predicted molar refractivity (Wildman–Crippen MR) is 97.8 cm³/mol. The molecule has 0 spiro atoms. The molecule has 0 aromatic heterocycles. The van der Waals surface area contributed by atoms with Crippen molar-refractivity contribution in [1.29, 1.82) is 0 Å². The van der Waals surface area contributed by atoms with E-state index in [0.717, 1.165) is 18.7 Å². The van der Waals surface area contributed by atoms with Gasteiger partial charge in [0.1, 0.15) is 11.5 Å². The molecular weight excluding hydrogens is 364 g/mol. The molecule has 2 aromatic carbocycles. The molecule has 0 aliphatic carbocycles. The first kappa shape index (κ1) is 19.5. The molecule has 1 aliphatic rings. The molecule has 6 nitrogen and oxygen atoms in total. The molecule has 0 saturated heterocycles. The van der Waals surface area contributed by atoms with Gasteiger partial charge in [-0.2, -0.15) is 0 Å². The van der Waals surface area contributed by atoms with Crippen LogP contribution < -0.4 is 19.5 Å². The first-order chi connectivity index (χ1) is 11.5. The summed E-state index contributed by atoms with van der Waals surface area (Å²) in [6.07, 6.45) is 0. The van der Waals surface area contributed by atoms with E-state index in [1.54, 1.807) is 18.2 Å². The molecule has 3 rings (SSSR count). The van der Waals surface area contributed by atoms with Crippen molar-refractivity contribution in [3.63, 3.8) is 0 Å². The molecule has 0 atom stereocenters. The SMILES string of the molecule is COc1cccc(OC)c1S(=O)(=O)NCc1ccc2c(c1)CNC2.Cl. The first-order valence-electron chi connectivity index (χ1n) is 7.57. The Morgan fingerprint density at radius 3 is 2.32 bits per heavy atom. The third-order valence-electron chi connectivity index (χ3n) is 4.02. The van der Waals surface area contributed by atoms with Crippen LogP contribution in [0.4, 0.5) is 0 Å². The van der Waals surface area contributed by atoms with Crippen LogP contribution in [0, 0.1) is 0 Å². The average Bonchev–Trinajstić information content (AvgIpc) is 3.07. The number of sulfonamides is 1. The number of ether oxygens (including phenoxy) is 2. The highest BCUT2D eigenvalue weighted by molar-refractivity contribution is 7.89. The van der Waals surface area contributed by atoms with E-state index in [4.69, 9.17) is 9.47 Å². The summed E-state index contributed by atoms with van der Waals surface area (Å²) in [6.45, 7) is 1.88. The van der Waals surface area contributed by atoms with Crippen LogP contribution in [-0.4, -0.2) is 22.6 Å². The number of methoxy groups -OCH3 is 2. The summed E-state index contributed by atoms with van der Waals surface area (Å²) >= 11 is 0. The van der Waals surface area contributed by atoms with Crippen molar-refractivity contribution in [2.45, 2.75) is 24.5 Å². The minimum absolute atomic E-state index is 0. The van der Waals surface area contributed by atoms with Gasteiger partial charge in [0.25, 0.3) is 0 Å². The fraction of sp³-hybridized carbons (Fsp3) is 0.294. The highest BCUT2D eigenvalue weighted by Crippen LogP contribution is 2.32. The van der Waals surface area contributed by atoms with Crippen molar-refractivity contribution < 1.29 is 17.9 Å². The molecule has 0 fully saturated rings. The number of benzene rings is 2. The Morgan fingerprint density at radius 2 is 1.68 bits per heavy atom. The van der Waals surface area contributed by atoms with E-state index < -0.39 is 10.0 Å². The van der Waals surface area contributed by atoms with Crippen LogP contribution in [0.25, 0.3) is 0 Å². The topological polar surface area (TPSA) is 76.7 Å². The van der Waals surface area contributed by atoms with Gasteiger partial charge in [-0.15, -0.1) is 12.4 Å². The number of hydrogen-bond acceptors (Lipinski definition) is 5. The van der Waals surface area contributed by atoms with E-state index in [1.807, 2.05) is 18.2 Å². The standard InChI is InChI=1S/C17H20N2O4S.ClH/c1-22-15-4-3-5-16(23-2)17(15)24(20,21)19-9-12-6-7-13-10-18-11-14(13)8-12;/h3-8,18-19H,9-11H2,1-2H3;1H. The van der Waals surface area contributed by atoms with Crippen LogP contribution in [0.2, 0.25) is 0 Å². The summed E-state index contributed by atoms with van der Waals surface area (Å²) in [5.41, 5.74) is 3.38. The minimum atomic E-state index is -3.77. The van der Waals surface area contributed by atoms with Gasteiger partial charge in [0.15, 0.2) is 4.90 Å². The Labute approximate surface area is 154 Å². The molecule has 25 heavy (non-hydrogen) atoms. The third kappa shape index (κ3) is 4.07. The van der Waals surface area contributed by atoms with E-state index in [1.165, 1.54) is 25.3 Å². The Bertz CT molecular complexity index is 833. The fourth-order valence-corrected chi connectivity index (χ4v) is 4.12. The number of hydrogen-bond donors (Lipinski definition) is 2. The molecule has 2 aromatic rings. The predicted octanol–water partition coefficient (Wildman–Crippen LogP) is 2.21. The van der Waals surface area contributed by atoms with Gasteiger partial charge in [0, 0.05) is 19.6 Å². The summed E-state index contributed by atoms with van der Waals surface area (Å²) in [4.78, 5) is 0.0119. The van der Waals surface area contributed by atoms with Crippen molar-refractivity contribution in [2.24, 2.45) is 0 Å². The highest BCUT2D eigenvalue weighted by atomic mass is 35.5. The molecule has 0 amide bonds. The summed E-state index contributed by atoms with van der Waals surface area (Å²) in [5, 5.41) is 3.27. The van der Waals surface area contributed by atoms with E-state index in [0.29, 0.717) is 0 Å². The largest absolute Gasteiger partial charge is 0.495 e. The lowest BCUT2D eigenvalue weighted by Gasteiger charge is -2.14. The summed E-state index contributed by atoms with van der Waals surface area (Å²) in [5.74, 6) is 0.500. The Balaban J connectivity index is 0.00000225. The maximum atomic E-state index is 12.7. The van der Waals surface area contributed by atoms with Crippen molar-refractivity contribution in [1.82, 2.24) is 10.0 Å². The molecule has 0 saturated carbocycles. The van der Waals surface area contributed by atoms with Crippen molar-refractivity contribution >= 4 is 22.4 Å². The van der Waals surface area contributed by atoms with E-state index >= 15 is 0 Å². The lowest BCUT2D eigenvalue weighted by Crippen LogP contribution is -2.24. The Morgan fingerprint density at radius 1 is 1.04 bits per heavy atom. The molecule has 1 heterocycles. The zero-order valence-corrected chi connectivity index (χ0v) is 15.7. The third-order valence-corrected chi connectivity index (χ3v) is 5.48. The second-order valence-electron chi connectivity index (χ2n) is 5.52. The fourth-order valence-electron chi connectivity index (χ4n) is 2.79. The Hall–Kier alpha value is -1.80. The second kappa shape index (κ2) is 8.05. The highest BCUT2D eigenvalue weighted by Gasteiger charge is 2.24. The monoisotopic (exact) mass is 384 g/mol. The van der Waals surface area contributed by atoms with Crippen molar-refractivity contribution in [3.8, 4) is 11.5 Å². The van der Waals surface area contributed by atoms with Crippen LogP contribution >= 0.6 is 12.4 Å². The van der Waals surface area contributed by atoms with E-state index in [-0.39, 0.29) is 35.3 Å². The number of fused-ring (bicyclic) bond motifs is 1. The lowest BCUT2D eigenvalue weighted by molar-refractivity contribution is 0.373. The Kier molecular flexibility index (Phi) is 6.29. The van der Waals surface area contributed by atoms with Crippen molar-refractivity contribution in [2.75, 3.05) is 14.2 Å². The second-order valence-corrected chi connectivity index (χ2v) is 7.23. The molecule has 2 N–H and O–H groups in total. The zero-order chi connectivity index (χ0) is 17.2. The van der Waals surface area contributed by atoms with Crippen molar-refractivity contribution in [3.05, 3.63) is 53.1 Å². The molecular formula is C17H21ClN2O4S. The van der Waals surface area contributed by atoms with Gasteiger partial charge in [-0.25, -0.2) is 13.1 Å². The van der Waals surface area contributed by atoms with Gasteiger partial charge < -0.3 is 14.8 Å². The maximum absolute atomic E-state index is 12.7. The minimum Gasteiger partial charge on any atom is -0.495 e. The molecule has 1 aliphatic heterocycles. The van der Waals surface area contributed by atoms with E-state index in [9.17, 15) is 8.42 Å². The lowest BCUT2D eigenvalue weighted by atomic mass is 10.1. The average molecular weight is 385 g/mol. The van der Waals surface area contributed by atoms with E-state index in [2.05, 4.69) is 10.0 Å².